The number of nitrogens with zero attached hydrogens (tertiary/aromatic N) is 1. The molecule has 0 radical (unpaired) electrons. The zero-order valence-electron chi connectivity index (χ0n) is 12.4. The normalized spacial score (nSPS) is 36.0. The van der Waals surface area contributed by atoms with E-state index in [0.717, 1.165) is 23.9 Å². The first-order valence-corrected chi connectivity index (χ1v) is 8.12. The lowest BCUT2D eigenvalue weighted by atomic mass is 9.90. The zero-order valence-corrected chi connectivity index (χ0v) is 12.4. The zero-order chi connectivity index (χ0) is 12.8. The number of piperazine rings is 1. The van der Waals surface area contributed by atoms with E-state index >= 15 is 0 Å². The second-order valence-electron chi connectivity index (χ2n) is 7.36. The Morgan fingerprint density at radius 2 is 2.00 bits per heavy atom. The third-order valence-electron chi connectivity index (χ3n) is 5.86. The molecule has 3 aliphatic rings. The summed E-state index contributed by atoms with van der Waals surface area (Å²) >= 11 is 0. The Balaban J connectivity index is 1.63. The van der Waals surface area contributed by atoms with E-state index < -0.39 is 0 Å². The van der Waals surface area contributed by atoms with Crippen LogP contribution in [-0.2, 0) is 0 Å². The average molecular weight is 250 g/mol. The number of rotatable bonds is 5. The highest BCUT2D eigenvalue weighted by Crippen LogP contribution is 2.52. The minimum Gasteiger partial charge on any atom is -0.311 e. The van der Waals surface area contributed by atoms with Gasteiger partial charge in [0.15, 0.2) is 0 Å². The summed E-state index contributed by atoms with van der Waals surface area (Å²) in [5, 5.41) is 3.81. The molecule has 0 aromatic heterocycles. The van der Waals surface area contributed by atoms with Gasteiger partial charge in [0.05, 0.1) is 0 Å². The van der Waals surface area contributed by atoms with E-state index in [1.54, 1.807) is 0 Å². The first-order valence-electron chi connectivity index (χ1n) is 8.12. The van der Waals surface area contributed by atoms with Crippen molar-refractivity contribution in [3.8, 4) is 0 Å². The van der Waals surface area contributed by atoms with Gasteiger partial charge in [0.1, 0.15) is 0 Å². The fourth-order valence-electron chi connectivity index (χ4n) is 3.78. The summed E-state index contributed by atoms with van der Waals surface area (Å²) in [6, 6.07) is 1.59. The molecule has 1 aliphatic heterocycles. The van der Waals surface area contributed by atoms with Crippen molar-refractivity contribution in [1.29, 1.82) is 0 Å². The monoisotopic (exact) mass is 250 g/mol. The van der Waals surface area contributed by atoms with Crippen LogP contribution < -0.4 is 5.32 Å². The summed E-state index contributed by atoms with van der Waals surface area (Å²) in [6.45, 7) is 11.1. The minimum atomic E-state index is 0.679. The van der Waals surface area contributed by atoms with Crippen LogP contribution in [0.5, 0.6) is 0 Å². The fourth-order valence-corrected chi connectivity index (χ4v) is 3.78. The van der Waals surface area contributed by atoms with Gasteiger partial charge < -0.3 is 5.32 Å². The van der Waals surface area contributed by atoms with E-state index in [9.17, 15) is 0 Å². The molecule has 1 saturated heterocycles. The van der Waals surface area contributed by atoms with Crippen LogP contribution in [0.4, 0.5) is 0 Å². The quantitative estimate of drug-likeness (QED) is 0.807. The van der Waals surface area contributed by atoms with E-state index in [0.29, 0.717) is 5.41 Å². The summed E-state index contributed by atoms with van der Waals surface area (Å²) in [5.41, 5.74) is 0.679. The van der Waals surface area contributed by atoms with Crippen LogP contribution in [0.3, 0.4) is 0 Å². The molecule has 2 nitrogen and oxygen atoms in total. The Kier molecular flexibility index (Phi) is 3.44. The summed E-state index contributed by atoms with van der Waals surface area (Å²) in [6.07, 6.45) is 7.19. The number of hydrogen-bond donors (Lipinski definition) is 1. The van der Waals surface area contributed by atoms with Crippen LogP contribution >= 0.6 is 0 Å². The molecule has 2 unspecified atom stereocenters. The van der Waals surface area contributed by atoms with E-state index in [-0.39, 0.29) is 0 Å². The van der Waals surface area contributed by atoms with Gasteiger partial charge in [0.25, 0.3) is 0 Å². The third-order valence-corrected chi connectivity index (χ3v) is 5.86. The molecular weight excluding hydrogens is 220 g/mol. The van der Waals surface area contributed by atoms with Gasteiger partial charge in [0.2, 0.25) is 0 Å². The van der Waals surface area contributed by atoms with E-state index in [1.807, 2.05) is 0 Å². The molecule has 0 aromatic rings. The summed E-state index contributed by atoms with van der Waals surface area (Å²) in [4.78, 5) is 2.84. The van der Waals surface area contributed by atoms with Gasteiger partial charge in [-0.15, -0.1) is 0 Å². The van der Waals surface area contributed by atoms with Gasteiger partial charge in [-0.05, 0) is 49.4 Å². The lowest BCUT2D eigenvalue weighted by Gasteiger charge is -2.43. The highest BCUT2D eigenvalue weighted by Gasteiger charge is 2.48. The van der Waals surface area contributed by atoms with Crippen molar-refractivity contribution in [3.63, 3.8) is 0 Å². The Hall–Kier alpha value is -0.0800. The van der Waals surface area contributed by atoms with Crippen molar-refractivity contribution in [1.82, 2.24) is 10.2 Å². The Bertz CT molecular complexity index is 291. The summed E-state index contributed by atoms with van der Waals surface area (Å²) < 4.78 is 0. The molecular formula is C16H30N2. The molecule has 104 valence electrons. The smallest absolute Gasteiger partial charge is 0.0224 e. The molecule has 2 saturated carbocycles. The molecule has 0 spiro atoms. The SMILES string of the molecule is CCC1CNC(C2CC2)CN1CC1(C(C)C)CC1. The lowest BCUT2D eigenvalue weighted by molar-refractivity contribution is 0.0825. The molecule has 0 bridgehead atoms. The number of nitrogens with one attached hydrogen (secondary N) is 1. The summed E-state index contributed by atoms with van der Waals surface area (Å²) in [7, 11) is 0. The molecule has 2 atom stereocenters. The molecule has 3 fully saturated rings. The Morgan fingerprint density at radius 3 is 2.50 bits per heavy atom. The topological polar surface area (TPSA) is 15.3 Å². The molecule has 3 rings (SSSR count). The van der Waals surface area contributed by atoms with Crippen molar-refractivity contribution in [3.05, 3.63) is 0 Å². The average Bonchev–Trinajstić information content (AvgIpc) is 3.23. The molecule has 0 aromatic carbocycles. The predicted molar refractivity (Wildman–Crippen MR) is 76.7 cm³/mol. The van der Waals surface area contributed by atoms with E-state index in [1.165, 1.54) is 51.7 Å². The van der Waals surface area contributed by atoms with Crippen LogP contribution in [0.1, 0.15) is 52.9 Å². The van der Waals surface area contributed by atoms with Gasteiger partial charge in [-0.3, -0.25) is 4.90 Å². The Morgan fingerprint density at radius 1 is 1.28 bits per heavy atom. The van der Waals surface area contributed by atoms with Gasteiger partial charge in [-0.1, -0.05) is 20.8 Å². The first-order chi connectivity index (χ1) is 8.64. The van der Waals surface area contributed by atoms with Crippen molar-refractivity contribution >= 4 is 0 Å². The molecule has 18 heavy (non-hydrogen) atoms. The van der Waals surface area contributed by atoms with Crippen molar-refractivity contribution < 1.29 is 0 Å². The minimum absolute atomic E-state index is 0.679. The Labute approximate surface area is 113 Å². The molecule has 1 heterocycles. The van der Waals surface area contributed by atoms with E-state index in [4.69, 9.17) is 0 Å². The first kappa shape index (κ1) is 12.9. The van der Waals surface area contributed by atoms with Gasteiger partial charge in [-0.2, -0.15) is 0 Å². The highest BCUT2D eigenvalue weighted by atomic mass is 15.2. The van der Waals surface area contributed by atoms with Crippen LogP contribution in [-0.4, -0.2) is 36.6 Å². The second-order valence-corrected chi connectivity index (χ2v) is 7.36. The van der Waals surface area contributed by atoms with E-state index in [2.05, 4.69) is 31.0 Å². The van der Waals surface area contributed by atoms with Crippen LogP contribution in [0.25, 0.3) is 0 Å². The second kappa shape index (κ2) is 4.79. The highest BCUT2D eigenvalue weighted by molar-refractivity contribution is 5.01. The molecule has 2 aliphatic carbocycles. The van der Waals surface area contributed by atoms with Crippen molar-refractivity contribution in [2.24, 2.45) is 17.3 Å². The van der Waals surface area contributed by atoms with Gasteiger partial charge in [-0.25, -0.2) is 0 Å². The summed E-state index contributed by atoms with van der Waals surface area (Å²) in [5.74, 6) is 1.86. The number of hydrogen-bond acceptors (Lipinski definition) is 2. The largest absolute Gasteiger partial charge is 0.311 e. The van der Waals surface area contributed by atoms with Crippen molar-refractivity contribution in [2.45, 2.75) is 65.0 Å². The van der Waals surface area contributed by atoms with Gasteiger partial charge in [0, 0.05) is 31.7 Å². The van der Waals surface area contributed by atoms with Crippen LogP contribution in [0, 0.1) is 17.3 Å². The maximum Gasteiger partial charge on any atom is 0.0224 e. The van der Waals surface area contributed by atoms with Crippen LogP contribution in [0.15, 0.2) is 0 Å². The lowest BCUT2D eigenvalue weighted by Crippen LogP contribution is -2.58. The molecule has 0 amide bonds. The van der Waals surface area contributed by atoms with Gasteiger partial charge >= 0.3 is 0 Å². The maximum absolute atomic E-state index is 3.81. The third kappa shape index (κ3) is 2.46. The molecule has 2 heteroatoms. The standard InChI is InChI=1S/C16H30N2/c1-4-14-9-17-15(13-5-6-13)10-18(14)11-16(7-8-16)12(2)3/h12-15,17H,4-11H2,1-3H3. The predicted octanol–water partition coefficient (Wildman–Crippen LogP) is 2.89. The fraction of sp³-hybridized carbons (Fsp3) is 1.00. The van der Waals surface area contributed by atoms with Crippen molar-refractivity contribution in [2.75, 3.05) is 19.6 Å². The maximum atomic E-state index is 3.81. The molecule has 1 N–H and O–H groups in total. The van der Waals surface area contributed by atoms with Crippen LogP contribution in [0.2, 0.25) is 0 Å².